The van der Waals surface area contributed by atoms with Crippen molar-refractivity contribution in [1.82, 2.24) is 5.32 Å². The van der Waals surface area contributed by atoms with Crippen LogP contribution < -0.4 is 15.8 Å². The number of nitrogens with two attached hydrogens (primary N) is 1. The third-order valence-electron chi connectivity index (χ3n) is 2.15. The topological polar surface area (TPSA) is 59.6 Å². The normalized spacial score (nSPS) is 11.2. The van der Waals surface area contributed by atoms with Crippen molar-refractivity contribution in [2.75, 3.05) is 13.7 Å². The molecular formula is C12H19N3O. The summed E-state index contributed by atoms with van der Waals surface area (Å²) in [6.07, 6.45) is 1.04. The van der Waals surface area contributed by atoms with Crippen LogP contribution in [0.15, 0.2) is 29.3 Å². The minimum absolute atomic E-state index is 0.498. The molecule has 0 aliphatic carbocycles. The minimum atomic E-state index is 0.498. The first-order valence-electron chi connectivity index (χ1n) is 5.43. The van der Waals surface area contributed by atoms with Crippen LogP contribution in [-0.4, -0.2) is 19.6 Å². The van der Waals surface area contributed by atoms with Crippen molar-refractivity contribution in [3.05, 3.63) is 29.8 Å². The zero-order chi connectivity index (χ0) is 11.8. The first-order valence-corrected chi connectivity index (χ1v) is 5.43. The number of benzene rings is 1. The second-order valence-corrected chi connectivity index (χ2v) is 3.48. The van der Waals surface area contributed by atoms with Gasteiger partial charge in [0.1, 0.15) is 5.75 Å². The third kappa shape index (κ3) is 4.21. The lowest BCUT2D eigenvalue weighted by Crippen LogP contribution is -2.32. The maximum atomic E-state index is 5.68. The lowest BCUT2D eigenvalue weighted by Gasteiger charge is -2.04. The minimum Gasteiger partial charge on any atom is -0.497 e. The Hall–Kier alpha value is -1.71. The van der Waals surface area contributed by atoms with Crippen molar-refractivity contribution >= 4 is 5.96 Å². The number of nitrogens with zero attached hydrogens (tertiary/aromatic N) is 1. The Bertz CT molecular complexity index is 333. The molecule has 4 heteroatoms. The Morgan fingerprint density at radius 1 is 1.38 bits per heavy atom. The van der Waals surface area contributed by atoms with E-state index in [-0.39, 0.29) is 0 Å². The molecule has 16 heavy (non-hydrogen) atoms. The van der Waals surface area contributed by atoms with Gasteiger partial charge in [0.2, 0.25) is 0 Å². The van der Waals surface area contributed by atoms with Crippen LogP contribution in [0.2, 0.25) is 0 Å². The van der Waals surface area contributed by atoms with Gasteiger partial charge in [0.15, 0.2) is 5.96 Å². The number of hydrogen-bond acceptors (Lipinski definition) is 2. The third-order valence-corrected chi connectivity index (χ3v) is 2.15. The summed E-state index contributed by atoms with van der Waals surface area (Å²) in [5.74, 6) is 1.35. The van der Waals surface area contributed by atoms with Crippen LogP contribution in [0.3, 0.4) is 0 Å². The van der Waals surface area contributed by atoms with Crippen molar-refractivity contribution < 1.29 is 4.74 Å². The Morgan fingerprint density at radius 3 is 2.62 bits per heavy atom. The van der Waals surface area contributed by atoms with Gasteiger partial charge in [-0.2, -0.15) is 0 Å². The summed E-state index contributed by atoms with van der Waals surface area (Å²) in [7, 11) is 1.65. The average molecular weight is 221 g/mol. The second-order valence-electron chi connectivity index (χ2n) is 3.48. The number of nitrogens with one attached hydrogen (secondary N) is 1. The summed E-state index contributed by atoms with van der Waals surface area (Å²) in [5.41, 5.74) is 6.79. The predicted molar refractivity (Wildman–Crippen MR) is 66.6 cm³/mol. The van der Waals surface area contributed by atoms with E-state index in [0.29, 0.717) is 12.5 Å². The first-order chi connectivity index (χ1) is 7.76. The SMILES string of the molecule is CCCNC(N)=NCc1ccc(OC)cc1. The number of ether oxygens (including phenoxy) is 1. The van der Waals surface area contributed by atoms with E-state index in [0.717, 1.165) is 24.3 Å². The van der Waals surface area contributed by atoms with Gasteiger partial charge in [0, 0.05) is 6.54 Å². The molecule has 0 aromatic heterocycles. The van der Waals surface area contributed by atoms with E-state index in [1.54, 1.807) is 7.11 Å². The molecule has 1 rings (SSSR count). The summed E-state index contributed by atoms with van der Waals surface area (Å²) in [4.78, 5) is 4.23. The molecule has 1 aromatic carbocycles. The van der Waals surface area contributed by atoms with Crippen molar-refractivity contribution in [3.63, 3.8) is 0 Å². The molecule has 0 saturated carbocycles. The average Bonchev–Trinajstić information content (AvgIpc) is 2.34. The van der Waals surface area contributed by atoms with Crippen molar-refractivity contribution in [2.45, 2.75) is 19.9 Å². The van der Waals surface area contributed by atoms with E-state index in [9.17, 15) is 0 Å². The molecule has 0 bridgehead atoms. The van der Waals surface area contributed by atoms with Crippen molar-refractivity contribution in [1.29, 1.82) is 0 Å². The zero-order valence-electron chi connectivity index (χ0n) is 9.86. The summed E-state index contributed by atoms with van der Waals surface area (Å²) in [5, 5.41) is 3.03. The lowest BCUT2D eigenvalue weighted by molar-refractivity contribution is 0.414. The van der Waals surface area contributed by atoms with Crippen molar-refractivity contribution in [2.24, 2.45) is 10.7 Å². The van der Waals surface area contributed by atoms with E-state index in [1.165, 1.54) is 0 Å². The Morgan fingerprint density at radius 2 is 2.06 bits per heavy atom. The van der Waals surface area contributed by atoms with Gasteiger partial charge in [0.05, 0.1) is 13.7 Å². The van der Waals surface area contributed by atoms with E-state index in [2.05, 4.69) is 17.2 Å². The van der Waals surface area contributed by atoms with Crippen LogP contribution in [0, 0.1) is 0 Å². The van der Waals surface area contributed by atoms with Crippen molar-refractivity contribution in [3.8, 4) is 5.75 Å². The number of hydrogen-bond donors (Lipinski definition) is 2. The molecule has 0 fully saturated rings. The molecule has 4 nitrogen and oxygen atoms in total. The van der Waals surface area contributed by atoms with E-state index >= 15 is 0 Å². The van der Waals surface area contributed by atoms with E-state index < -0.39 is 0 Å². The highest BCUT2D eigenvalue weighted by Crippen LogP contribution is 2.11. The standard InChI is InChI=1S/C12H19N3O/c1-3-8-14-12(13)15-9-10-4-6-11(16-2)7-5-10/h4-7H,3,8-9H2,1-2H3,(H3,13,14,15). The molecule has 0 saturated heterocycles. The fourth-order valence-electron chi connectivity index (χ4n) is 1.22. The number of aliphatic imine (C=N–C) groups is 1. The van der Waals surface area contributed by atoms with Crippen LogP contribution in [0.5, 0.6) is 5.75 Å². The Labute approximate surface area is 96.5 Å². The van der Waals surface area contributed by atoms with Crippen LogP contribution in [-0.2, 0) is 6.54 Å². The fraction of sp³-hybridized carbons (Fsp3) is 0.417. The molecule has 0 spiro atoms. The van der Waals surface area contributed by atoms with Crippen LogP contribution >= 0.6 is 0 Å². The van der Waals surface area contributed by atoms with Gasteiger partial charge in [0.25, 0.3) is 0 Å². The monoisotopic (exact) mass is 221 g/mol. The fourth-order valence-corrected chi connectivity index (χ4v) is 1.22. The molecular weight excluding hydrogens is 202 g/mol. The number of methoxy groups -OCH3 is 1. The zero-order valence-corrected chi connectivity index (χ0v) is 9.86. The van der Waals surface area contributed by atoms with Gasteiger partial charge >= 0.3 is 0 Å². The largest absolute Gasteiger partial charge is 0.497 e. The molecule has 0 amide bonds. The molecule has 0 atom stereocenters. The smallest absolute Gasteiger partial charge is 0.188 e. The van der Waals surface area contributed by atoms with E-state index in [4.69, 9.17) is 10.5 Å². The van der Waals surface area contributed by atoms with Gasteiger partial charge in [-0.15, -0.1) is 0 Å². The van der Waals surface area contributed by atoms with Gasteiger partial charge in [-0.25, -0.2) is 4.99 Å². The first kappa shape index (κ1) is 12.4. The van der Waals surface area contributed by atoms with Crippen LogP contribution in [0.4, 0.5) is 0 Å². The Balaban J connectivity index is 2.46. The molecule has 0 aliphatic heterocycles. The molecule has 3 N–H and O–H groups in total. The molecule has 0 aliphatic rings. The molecule has 0 unspecified atom stereocenters. The summed E-state index contributed by atoms with van der Waals surface area (Å²) < 4.78 is 5.08. The molecule has 0 heterocycles. The highest BCUT2D eigenvalue weighted by atomic mass is 16.5. The highest BCUT2D eigenvalue weighted by Gasteiger charge is 1.94. The summed E-state index contributed by atoms with van der Waals surface area (Å²) in [6, 6.07) is 7.80. The van der Waals surface area contributed by atoms with Gasteiger partial charge in [-0.1, -0.05) is 19.1 Å². The quantitative estimate of drug-likeness (QED) is 0.585. The molecule has 1 aromatic rings. The lowest BCUT2D eigenvalue weighted by atomic mass is 10.2. The number of rotatable bonds is 5. The molecule has 0 radical (unpaired) electrons. The molecule has 88 valence electrons. The maximum Gasteiger partial charge on any atom is 0.188 e. The van der Waals surface area contributed by atoms with Crippen LogP contribution in [0.25, 0.3) is 0 Å². The second kappa shape index (κ2) is 6.71. The van der Waals surface area contributed by atoms with E-state index in [1.807, 2.05) is 24.3 Å². The summed E-state index contributed by atoms with van der Waals surface area (Å²) in [6.45, 7) is 3.54. The van der Waals surface area contributed by atoms with Gasteiger partial charge < -0.3 is 15.8 Å². The van der Waals surface area contributed by atoms with Gasteiger partial charge in [-0.3, -0.25) is 0 Å². The van der Waals surface area contributed by atoms with Crippen LogP contribution in [0.1, 0.15) is 18.9 Å². The Kier molecular flexibility index (Phi) is 5.19. The number of guanidine groups is 1. The predicted octanol–water partition coefficient (Wildman–Crippen LogP) is 1.51. The maximum absolute atomic E-state index is 5.68. The van der Waals surface area contributed by atoms with Gasteiger partial charge in [-0.05, 0) is 24.1 Å². The highest BCUT2D eigenvalue weighted by molar-refractivity contribution is 5.77. The summed E-state index contributed by atoms with van der Waals surface area (Å²) >= 11 is 0.